The first kappa shape index (κ1) is 15.3. The van der Waals surface area contributed by atoms with E-state index in [2.05, 4.69) is 13.0 Å². The van der Waals surface area contributed by atoms with E-state index in [1.807, 2.05) is 11.0 Å². The number of benzene rings is 1. The standard InChI is InChI=1S/C16H20N2O3/c1-11-5-6-18(14(7-11)16(19)20)10-12-3-4-15(21-2)13(8-12)9-17/h3-4,8,11,14H,5-7,10H2,1-2H3,(H,19,20). The van der Waals surface area contributed by atoms with Gasteiger partial charge in [-0.2, -0.15) is 5.26 Å². The van der Waals surface area contributed by atoms with Gasteiger partial charge in [-0.1, -0.05) is 13.0 Å². The van der Waals surface area contributed by atoms with E-state index >= 15 is 0 Å². The number of nitrogens with zero attached hydrogens (tertiary/aromatic N) is 2. The topological polar surface area (TPSA) is 73.6 Å². The molecule has 0 amide bonds. The van der Waals surface area contributed by atoms with Gasteiger partial charge < -0.3 is 9.84 Å². The first-order valence-corrected chi connectivity index (χ1v) is 7.09. The molecule has 0 aromatic heterocycles. The minimum atomic E-state index is -0.768. The third-order valence-electron chi connectivity index (χ3n) is 4.03. The number of nitriles is 1. The summed E-state index contributed by atoms with van der Waals surface area (Å²) >= 11 is 0. The molecule has 1 heterocycles. The van der Waals surface area contributed by atoms with Crippen molar-refractivity contribution in [2.45, 2.75) is 32.4 Å². The number of carboxylic acid groups (broad SMARTS) is 1. The number of ether oxygens (including phenoxy) is 1. The molecule has 112 valence electrons. The van der Waals surface area contributed by atoms with E-state index in [4.69, 9.17) is 10.00 Å². The second kappa shape index (κ2) is 6.59. The third-order valence-corrected chi connectivity index (χ3v) is 4.03. The predicted molar refractivity (Wildman–Crippen MR) is 77.9 cm³/mol. The highest BCUT2D eigenvalue weighted by molar-refractivity contribution is 5.73. The smallest absolute Gasteiger partial charge is 0.320 e. The second-order valence-corrected chi connectivity index (χ2v) is 5.60. The maximum atomic E-state index is 11.4. The van der Waals surface area contributed by atoms with Crippen LogP contribution in [0.15, 0.2) is 18.2 Å². The highest BCUT2D eigenvalue weighted by atomic mass is 16.5. The molecule has 1 N–H and O–H groups in total. The Bertz CT molecular complexity index is 565. The van der Waals surface area contributed by atoms with Gasteiger partial charge in [0, 0.05) is 6.54 Å². The monoisotopic (exact) mass is 288 g/mol. The number of methoxy groups -OCH3 is 1. The Balaban J connectivity index is 2.17. The summed E-state index contributed by atoms with van der Waals surface area (Å²) in [5.41, 5.74) is 1.42. The molecule has 2 atom stereocenters. The van der Waals surface area contributed by atoms with Crippen molar-refractivity contribution in [3.8, 4) is 11.8 Å². The Morgan fingerprint density at radius 3 is 2.95 bits per heavy atom. The second-order valence-electron chi connectivity index (χ2n) is 5.60. The largest absolute Gasteiger partial charge is 0.495 e. The van der Waals surface area contributed by atoms with E-state index in [1.165, 1.54) is 7.11 Å². The van der Waals surface area contributed by atoms with Crippen molar-refractivity contribution in [2.75, 3.05) is 13.7 Å². The van der Waals surface area contributed by atoms with Gasteiger partial charge in [0.05, 0.1) is 12.7 Å². The fourth-order valence-corrected chi connectivity index (χ4v) is 2.81. The van der Waals surface area contributed by atoms with Crippen molar-refractivity contribution in [1.29, 1.82) is 5.26 Å². The van der Waals surface area contributed by atoms with E-state index in [0.717, 1.165) is 18.5 Å². The van der Waals surface area contributed by atoms with Crippen molar-refractivity contribution in [3.05, 3.63) is 29.3 Å². The highest BCUT2D eigenvalue weighted by Gasteiger charge is 2.31. The molecule has 21 heavy (non-hydrogen) atoms. The van der Waals surface area contributed by atoms with Crippen LogP contribution in [0.5, 0.6) is 5.75 Å². The molecular weight excluding hydrogens is 268 g/mol. The maximum absolute atomic E-state index is 11.4. The number of piperidine rings is 1. The SMILES string of the molecule is COc1ccc(CN2CCC(C)CC2C(=O)O)cc1C#N. The Morgan fingerprint density at radius 1 is 1.57 bits per heavy atom. The van der Waals surface area contributed by atoms with Crippen molar-refractivity contribution in [2.24, 2.45) is 5.92 Å². The van der Waals surface area contributed by atoms with Gasteiger partial charge >= 0.3 is 5.97 Å². The number of carbonyl (C=O) groups is 1. The summed E-state index contributed by atoms with van der Waals surface area (Å²) in [4.78, 5) is 13.4. The Kier molecular flexibility index (Phi) is 4.81. The van der Waals surface area contributed by atoms with Gasteiger partial charge in [-0.3, -0.25) is 9.69 Å². The summed E-state index contributed by atoms with van der Waals surface area (Å²) in [6.45, 7) is 3.41. The van der Waals surface area contributed by atoms with Crippen LogP contribution in [-0.2, 0) is 11.3 Å². The summed E-state index contributed by atoms with van der Waals surface area (Å²) in [6, 6.07) is 7.08. The van der Waals surface area contributed by atoms with Crippen LogP contribution in [0.4, 0.5) is 0 Å². The Labute approximate surface area is 124 Å². The number of aliphatic carboxylic acids is 1. The fourth-order valence-electron chi connectivity index (χ4n) is 2.81. The molecule has 0 bridgehead atoms. The molecule has 1 aromatic rings. The van der Waals surface area contributed by atoms with Crippen LogP contribution in [0.3, 0.4) is 0 Å². The zero-order valence-corrected chi connectivity index (χ0v) is 12.4. The Morgan fingerprint density at radius 2 is 2.33 bits per heavy atom. The molecule has 2 rings (SSSR count). The van der Waals surface area contributed by atoms with Crippen molar-refractivity contribution < 1.29 is 14.6 Å². The van der Waals surface area contributed by atoms with E-state index in [-0.39, 0.29) is 0 Å². The molecule has 0 spiro atoms. The van der Waals surface area contributed by atoms with E-state index in [1.54, 1.807) is 12.1 Å². The molecule has 1 saturated heterocycles. The molecule has 2 unspecified atom stereocenters. The summed E-state index contributed by atoms with van der Waals surface area (Å²) in [6.07, 6.45) is 1.68. The lowest BCUT2D eigenvalue weighted by molar-refractivity contribution is -0.145. The predicted octanol–water partition coefficient (Wildman–Crippen LogP) is 2.25. The molecular formula is C16H20N2O3. The van der Waals surface area contributed by atoms with Crippen LogP contribution >= 0.6 is 0 Å². The maximum Gasteiger partial charge on any atom is 0.320 e. The fraction of sp³-hybridized carbons (Fsp3) is 0.500. The zero-order chi connectivity index (χ0) is 15.4. The number of hydrogen-bond donors (Lipinski definition) is 1. The summed E-state index contributed by atoms with van der Waals surface area (Å²) < 4.78 is 5.12. The minimum Gasteiger partial charge on any atom is -0.495 e. The average Bonchev–Trinajstić information content (AvgIpc) is 2.48. The van der Waals surface area contributed by atoms with Crippen LogP contribution < -0.4 is 4.74 Å². The van der Waals surface area contributed by atoms with Crippen molar-refractivity contribution in [3.63, 3.8) is 0 Å². The normalized spacial score (nSPS) is 22.5. The lowest BCUT2D eigenvalue weighted by Crippen LogP contribution is -2.46. The summed E-state index contributed by atoms with van der Waals surface area (Å²) in [7, 11) is 1.53. The van der Waals surface area contributed by atoms with Crippen LogP contribution in [-0.4, -0.2) is 35.7 Å². The lowest BCUT2D eigenvalue weighted by Gasteiger charge is -2.36. The van der Waals surface area contributed by atoms with Crippen LogP contribution in [0, 0.1) is 17.2 Å². The van der Waals surface area contributed by atoms with Crippen LogP contribution in [0.25, 0.3) is 0 Å². The first-order valence-electron chi connectivity index (χ1n) is 7.09. The molecule has 0 saturated carbocycles. The van der Waals surface area contributed by atoms with Gasteiger partial charge in [0.1, 0.15) is 17.9 Å². The minimum absolute atomic E-state index is 0.438. The average molecular weight is 288 g/mol. The van der Waals surface area contributed by atoms with Gasteiger partial charge in [-0.15, -0.1) is 0 Å². The molecule has 5 nitrogen and oxygen atoms in total. The van der Waals surface area contributed by atoms with Crippen LogP contribution in [0.2, 0.25) is 0 Å². The lowest BCUT2D eigenvalue weighted by atomic mass is 9.92. The summed E-state index contributed by atoms with van der Waals surface area (Å²) in [5.74, 6) is 0.215. The molecule has 0 radical (unpaired) electrons. The summed E-state index contributed by atoms with van der Waals surface area (Å²) in [5, 5.41) is 18.5. The van der Waals surface area contributed by atoms with Gasteiger partial charge in [-0.25, -0.2) is 0 Å². The quantitative estimate of drug-likeness (QED) is 0.920. The number of rotatable bonds is 4. The zero-order valence-electron chi connectivity index (χ0n) is 12.4. The molecule has 1 fully saturated rings. The van der Waals surface area contributed by atoms with E-state index in [0.29, 0.717) is 30.2 Å². The van der Waals surface area contributed by atoms with Gasteiger partial charge in [0.25, 0.3) is 0 Å². The number of likely N-dealkylation sites (tertiary alicyclic amines) is 1. The van der Waals surface area contributed by atoms with Crippen molar-refractivity contribution in [1.82, 2.24) is 4.90 Å². The highest BCUT2D eigenvalue weighted by Crippen LogP contribution is 2.26. The van der Waals surface area contributed by atoms with E-state index < -0.39 is 12.0 Å². The van der Waals surface area contributed by atoms with Crippen LogP contribution in [0.1, 0.15) is 30.9 Å². The molecule has 5 heteroatoms. The molecule has 1 aliphatic rings. The van der Waals surface area contributed by atoms with Gasteiger partial charge in [0.2, 0.25) is 0 Å². The number of carboxylic acids is 1. The molecule has 0 aliphatic carbocycles. The molecule has 1 aromatic carbocycles. The molecule has 1 aliphatic heterocycles. The van der Waals surface area contributed by atoms with Crippen molar-refractivity contribution >= 4 is 5.97 Å². The van der Waals surface area contributed by atoms with Gasteiger partial charge in [0.15, 0.2) is 0 Å². The van der Waals surface area contributed by atoms with E-state index in [9.17, 15) is 9.90 Å². The third kappa shape index (κ3) is 3.53. The number of hydrogen-bond acceptors (Lipinski definition) is 4. The first-order chi connectivity index (χ1) is 10.0. The Hall–Kier alpha value is -2.06. The van der Waals surface area contributed by atoms with Gasteiger partial charge in [-0.05, 0) is 43.0 Å².